The fourth-order valence-corrected chi connectivity index (χ4v) is 8.07. The van der Waals surface area contributed by atoms with E-state index in [2.05, 4.69) is 60.6 Å². The number of amides is 2. The molecular formula is C38H51N9O4Si. The third-order valence-electron chi connectivity index (χ3n) is 10.3. The van der Waals surface area contributed by atoms with Crippen LogP contribution in [0.2, 0.25) is 25.7 Å². The summed E-state index contributed by atoms with van der Waals surface area (Å²) in [4.78, 5) is 45.5. The number of rotatable bonds is 13. The lowest BCUT2D eigenvalue weighted by Crippen LogP contribution is -2.47. The first-order valence-electron chi connectivity index (χ1n) is 18.6. The number of ether oxygens (including phenoxy) is 1. The van der Waals surface area contributed by atoms with Gasteiger partial charge < -0.3 is 29.9 Å². The molecule has 3 aliphatic rings. The van der Waals surface area contributed by atoms with E-state index in [1.807, 2.05) is 36.4 Å². The van der Waals surface area contributed by atoms with Gasteiger partial charge in [-0.15, -0.1) is 0 Å². The first-order chi connectivity index (χ1) is 25.1. The Balaban J connectivity index is 1.06. The van der Waals surface area contributed by atoms with Crippen molar-refractivity contribution >= 4 is 42.6 Å². The number of benzene rings is 1. The van der Waals surface area contributed by atoms with E-state index in [-0.39, 0.29) is 11.9 Å². The minimum absolute atomic E-state index is 0.0923. The summed E-state index contributed by atoms with van der Waals surface area (Å²) in [6.45, 7) is 14.3. The molecule has 13 nitrogen and oxygen atoms in total. The number of likely N-dealkylation sites (tertiary alicyclic amines) is 1. The summed E-state index contributed by atoms with van der Waals surface area (Å²) in [6.07, 6.45) is 6.72. The standard InChI is InChI=1S/C38H51N9O4Si/c1-52(2,3)20-19-51-26-47-34(22-32-35(40-25-41-36(32)47)46-17-15-45(16-18-46)31-10-11-31)28-6-8-29(9-7-28)42-37(48)33-21-27(12-13-39-33)23-44-14-4-5-30(24-44)43-38(49)50/h6-9,12-13,21-22,25,30-31,43H,4-5,10-11,14-20,23-24,26H2,1-3H3,(H,42,48)(H,49,50)/t30-/m1/s1. The summed E-state index contributed by atoms with van der Waals surface area (Å²) in [5.41, 5.74) is 4.80. The van der Waals surface area contributed by atoms with Crippen molar-refractivity contribution in [3.8, 4) is 11.3 Å². The number of piperazine rings is 1. The van der Waals surface area contributed by atoms with Gasteiger partial charge in [-0.25, -0.2) is 14.8 Å². The predicted octanol–water partition coefficient (Wildman–Crippen LogP) is 5.57. The largest absolute Gasteiger partial charge is 0.465 e. The molecule has 0 radical (unpaired) electrons. The number of pyridine rings is 1. The number of carboxylic acid groups (broad SMARTS) is 1. The van der Waals surface area contributed by atoms with Gasteiger partial charge in [-0.2, -0.15) is 0 Å². The van der Waals surface area contributed by atoms with Crippen LogP contribution in [-0.4, -0.2) is 112 Å². The van der Waals surface area contributed by atoms with Gasteiger partial charge in [0.25, 0.3) is 5.91 Å². The molecule has 1 saturated carbocycles. The molecule has 1 atom stereocenters. The predicted molar refractivity (Wildman–Crippen MR) is 206 cm³/mol. The number of aromatic nitrogens is 4. The van der Waals surface area contributed by atoms with E-state index in [1.54, 1.807) is 12.5 Å². The second-order valence-corrected chi connectivity index (χ2v) is 21.2. The molecule has 4 aromatic rings. The first-order valence-corrected chi connectivity index (χ1v) is 22.3. The number of hydrogen-bond donors (Lipinski definition) is 3. The maximum absolute atomic E-state index is 13.3. The number of hydrogen-bond acceptors (Lipinski definition) is 9. The number of anilines is 2. The van der Waals surface area contributed by atoms with E-state index in [1.165, 1.54) is 12.8 Å². The molecule has 7 rings (SSSR count). The summed E-state index contributed by atoms with van der Waals surface area (Å²) in [5.74, 6) is 0.684. The van der Waals surface area contributed by atoms with Gasteiger partial charge >= 0.3 is 6.09 Å². The fourth-order valence-electron chi connectivity index (χ4n) is 7.31. The van der Waals surface area contributed by atoms with Crippen molar-refractivity contribution in [2.75, 3.05) is 56.1 Å². The van der Waals surface area contributed by atoms with Crippen molar-refractivity contribution in [1.29, 1.82) is 0 Å². The van der Waals surface area contributed by atoms with Crippen LogP contribution in [-0.2, 0) is 18.0 Å². The van der Waals surface area contributed by atoms with E-state index in [4.69, 9.17) is 19.8 Å². The number of fused-ring (bicyclic) bond motifs is 1. The highest BCUT2D eigenvalue weighted by Crippen LogP contribution is 2.34. The Morgan fingerprint density at radius 1 is 0.962 bits per heavy atom. The molecule has 2 aliphatic heterocycles. The highest BCUT2D eigenvalue weighted by Gasteiger charge is 2.32. The fraction of sp³-hybridized carbons (Fsp3) is 0.500. The zero-order valence-corrected chi connectivity index (χ0v) is 31.6. The number of carbonyl (C=O) groups is 2. The van der Waals surface area contributed by atoms with Gasteiger partial charge in [0.05, 0.1) is 11.1 Å². The Bertz CT molecular complexity index is 1870. The van der Waals surface area contributed by atoms with E-state index < -0.39 is 14.2 Å². The highest BCUT2D eigenvalue weighted by molar-refractivity contribution is 6.76. The Labute approximate surface area is 306 Å². The molecule has 1 aliphatic carbocycles. The van der Waals surface area contributed by atoms with Crippen LogP contribution >= 0.6 is 0 Å². The van der Waals surface area contributed by atoms with E-state index in [9.17, 15) is 9.59 Å². The zero-order chi connectivity index (χ0) is 36.2. The van der Waals surface area contributed by atoms with Crippen LogP contribution in [0.5, 0.6) is 0 Å². The third-order valence-corrected chi connectivity index (χ3v) is 12.0. The third kappa shape index (κ3) is 8.97. The van der Waals surface area contributed by atoms with Gasteiger partial charge in [-0.05, 0) is 79.7 Å². The van der Waals surface area contributed by atoms with E-state index in [0.29, 0.717) is 37.8 Å². The molecule has 2 saturated heterocycles. The normalized spacial score (nSPS) is 18.8. The molecule has 2 amide bonds. The average molecular weight is 726 g/mol. The molecule has 3 aromatic heterocycles. The molecule has 276 valence electrons. The summed E-state index contributed by atoms with van der Waals surface area (Å²) in [5, 5.41) is 15.7. The molecule has 1 aromatic carbocycles. The molecule has 14 heteroatoms. The van der Waals surface area contributed by atoms with Crippen LogP contribution in [0.25, 0.3) is 22.3 Å². The molecule has 0 bridgehead atoms. The lowest BCUT2D eigenvalue weighted by atomic mass is 10.0. The topological polar surface area (TPSA) is 141 Å². The molecule has 52 heavy (non-hydrogen) atoms. The summed E-state index contributed by atoms with van der Waals surface area (Å²) in [7, 11) is -1.25. The molecule has 0 unspecified atom stereocenters. The maximum atomic E-state index is 13.3. The van der Waals surface area contributed by atoms with Crippen LogP contribution in [0.1, 0.15) is 41.7 Å². The highest BCUT2D eigenvalue weighted by atomic mass is 28.3. The van der Waals surface area contributed by atoms with Crippen molar-refractivity contribution in [3.05, 3.63) is 66.2 Å². The maximum Gasteiger partial charge on any atom is 0.404 e. The Morgan fingerprint density at radius 3 is 2.48 bits per heavy atom. The first kappa shape index (κ1) is 36.0. The molecule has 3 N–H and O–H groups in total. The Kier molecular flexibility index (Phi) is 10.9. The van der Waals surface area contributed by atoms with E-state index >= 15 is 0 Å². The molecular weight excluding hydrogens is 675 g/mol. The number of nitrogens with zero attached hydrogens (tertiary/aromatic N) is 7. The van der Waals surface area contributed by atoms with Crippen LogP contribution in [0.3, 0.4) is 0 Å². The van der Waals surface area contributed by atoms with Gasteiger partial charge in [0.2, 0.25) is 0 Å². The Hall–Kier alpha value is -4.37. The average Bonchev–Trinajstić information content (AvgIpc) is 3.91. The van der Waals surface area contributed by atoms with Gasteiger partial charge in [0, 0.05) is 77.9 Å². The monoisotopic (exact) mass is 725 g/mol. The van der Waals surface area contributed by atoms with Crippen molar-refractivity contribution in [2.24, 2.45) is 0 Å². The van der Waals surface area contributed by atoms with Crippen molar-refractivity contribution in [1.82, 2.24) is 34.6 Å². The lowest BCUT2D eigenvalue weighted by Gasteiger charge is -2.35. The number of piperidine rings is 1. The SMILES string of the molecule is C[Si](C)(C)CCOCn1c(-c2ccc(NC(=O)c3cc(CN4CCC[C@@H](NC(=O)O)C4)ccn3)cc2)cc2c(N3CCN(C4CC4)CC3)ncnc21. The van der Waals surface area contributed by atoms with Crippen molar-refractivity contribution in [2.45, 2.75) is 76.7 Å². The number of nitrogens with one attached hydrogen (secondary N) is 2. The van der Waals surface area contributed by atoms with Gasteiger partial charge in [0.15, 0.2) is 0 Å². The Morgan fingerprint density at radius 2 is 1.75 bits per heavy atom. The smallest absolute Gasteiger partial charge is 0.404 e. The lowest BCUT2D eigenvalue weighted by molar-refractivity contribution is 0.0909. The number of carbonyl (C=O) groups excluding carboxylic acids is 1. The summed E-state index contributed by atoms with van der Waals surface area (Å²) < 4.78 is 8.43. The minimum Gasteiger partial charge on any atom is -0.465 e. The second kappa shape index (κ2) is 15.7. The van der Waals surface area contributed by atoms with Crippen LogP contribution in [0.15, 0.2) is 55.0 Å². The van der Waals surface area contributed by atoms with Crippen LogP contribution < -0.4 is 15.5 Å². The van der Waals surface area contributed by atoms with Crippen molar-refractivity contribution in [3.63, 3.8) is 0 Å². The van der Waals surface area contributed by atoms with Gasteiger partial charge in [-0.3, -0.25) is 19.6 Å². The van der Waals surface area contributed by atoms with Gasteiger partial charge in [0.1, 0.15) is 30.2 Å². The summed E-state index contributed by atoms with van der Waals surface area (Å²) in [6, 6.07) is 15.5. The zero-order valence-electron chi connectivity index (χ0n) is 30.6. The summed E-state index contributed by atoms with van der Waals surface area (Å²) >= 11 is 0. The van der Waals surface area contributed by atoms with Gasteiger partial charge in [-0.1, -0.05) is 31.8 Å². The minimum atomic E-state index is -1.25. The van der Waals surface area contributed by atoms with Crippen LogP contribution in [0, 0.1) is 0 Å². The molecule has 5 heterocycles. The van der Waals surface area contributed by atoms with Crippen molar-refractivity contribution < 1.29 is 19.4 Å². The van der Waals surface area contributed by atoms with E-state index in [0.717, 1.165) is 91.3 Å². The van der Waals surface area contributed by atoms with Crippen LogP contribution in [0.4, 0.5) is 16.3 Å². The quantitative estimate of drug-likeness (QED) is 0.118. The molecule has 3 fully saturated rings. The molecule has 0 spiro atoms. The second-order valence-electron chi connectivity index (χ2n) is 15.6.